The second kappa shape index (κ2) is 8.61. The van der Waals surface area contributed by atoms with E-state index in [1.54, 1.807) is 0 Å². The molecule has 2 heterocycles. The van der Waals surface area contributed by atoms with E-state index in [4.69, 9.17) is 4.74 Å². The molecule has 1 saturated heterocycles. The van der Waals surface area contributed by atoms with Gasteiger partial charge >= 0.3 is 0 Å². The number of nitrogens with one attached hydrogen (secondary N) is 1. The van der Waals surface area contributed by atoms with Gasteiger partial charge in [-0.3, -0.25) is 4.79 Å². The number of ether oxygens (including phenoxy) is 1. The summed E-state index contributed by atoms with van der Waals surface area (Å²) in [6.45, 7) is 5.65. The minimum atomic E-state index is 0.141. The number of fused-ring (bicyclic) bond motifs is 1. The molecule has 1 fully saturated rings. The zero-order valence-electron chi connectivity index (χ0n) is 16.5. The van der Waals surface area contributed by atoms with Crippen LogP contribution < -0.4 is 4.74 Å². The normalized spacial score (nSPS) is 15.8. The Balaban J connectivity index is 1.28. The molecule has 0 spiro atoms. The van der Waals surface area contributed by atoms with Crippen molar-refractivity contribution in [1.29, 1.82) is 0 Å². The summed E-state index contributed by atoms with van der Waals surface area (Å²) in [5.74, 6) is 1.24. The first kappa shape index (κ1) is 18.8. The molecule has 4 heteroatoms. The quantitative estimate of drug-likeness (QED) is 0.608. The summed E-state index contributed by atoms with van der Waals surface area (Å²) in [7, 11) is 0. The summed E-state index contributed by atoms with van der Waals surface area (Å²) in [4.78, 5) is 18.6. The fourth-order valence-electron chi connectivity index (χ4n) is 4.15. The fourth-order valence-corrected chi connectivity index (χ4v) is 4.15. The molecule has 146 valence electrons. The minimum absolute atomic E-state index is 0.141. The van der Waals surface area contributed by atoms with Gasteiger partial charge in [0.25, 0.3) is 0 Å². The number of para-hydroxylation sites is 1. The molecule has 4 nitrogen and oxygen atoms in total. The molecular formula is C24H28N2O2. The zero-order valence-corrected chi connectivity index (χ0v) is 16.5. The van der Waals surface area contributed by atoms with Crippen molar-refractivity contribution >= 4 is 16.7 Å². The molecule has 2 aromatic carbocycles. The first-order valence-electron chi connectivity index (χ1n) is 10.3. The number of nitrogens with zero attached hydrogens (tertiary/aromatic N) is 1. The van der Waals surface area contributed by atoms with Crippen LogP contribution in [-0.2, 0) is 6.42 Å². The maximum Gasteiger partial charge on any atom is 0.166 e. The molecule has 1 N–H and O–H groups in total. The van der Waals surface area contributed by atoms with Gasteiger partial charge in [0.1, 0.15) is 5.75 Å². The molecule has 0 aliphatic carbocycles. The number of benzene rings is 2. The summed E-state index contributed by atoms with van der Waals surface area (Å²) in [6.07, 6.45) is 5.06. The minimum Gasteiger partial charge on any atom is -0.494 e. The number of aromatic nitrogens is 1. The van der Waals surface area contributed by atoms with Crippen LogP contribution >= 0.6 is 0 Å². The lowest BCUT2D eigenvalue weighted by Crippen LogP contribution is -2.37. The number of ketones is 1. The van der Waals surface area contributed by atoms with Crippen LogP contribution in [0.15, 0.2) is 54.7 Å². The molecule has 1 aliphatic heterocycles. The number of likely N-dealkylation sites (tertiary alicyclic amines) is 1. The Morgan fingerprint density at radius 3 is 2.61 bits per heavy atom. The lowest BCUT2D eigenvalue weighted by atomic mass is 9.88. The number of Topliss-reactive ketones (excluding diaryl/α,β-unsaturated/α-hetero) is 1. The predicted octanol–water partition coefficient (Wildman–Crippen LogP) is 4.70. The third-order valence-electron chi connectivity index (χ3n) is 5.78. The first-order valence-corrected chi connectivity index (χ1v) is 10.3. The van der Waals surface area contributed by atoms with Crippen molar-refractivity contribution in [1.82, 2.24) is 9.88 Å². The van der Waals surface area contributed by atoms with E-state index in [0.29, 0.717) is 6.61 Å². The monoisotopic (exact) mass is 376 g/mol. The number of hydrogen-bond acceptors (Lipinski definition) is 3. The third kappa shape index (κ3) is 4.12. The van der Waals surface area contributed by atoms with E-state index >= 15 is 0 Å². The Labute approximate surface area is 166 Å². The number of carbonyl (C=O) groups is 1. The number of H-pyrrole nitrogens is 1. The highest BCUT2D eigenvalue weighted by molar-refractivity contribution is 5.98. The molecule has 1 aliphatic rings. The fraction of sp³-hybridized carbons (Fsp3) is 0.375. The van der Waals surface area contributed by atoms with Crippen LogP contribution in [0.2, 0.25) is 0 Å². The average molecular weight is 377 g/mol. The van der Waals surface area contributed by atoms with Gasteiger partial charge in [-0.05, 0) is 75.2 Å². The maximum absolute atomic E-state index is 12.8. The number of rotatable bonds is 7. The maximum atomic E-state index is 12.8. The second-order valence-corrected chi connectivity index (χ2v) is 7.55. The summed E-state index contributed by atoms with van der Waals surface area (Å²) in [5.41, 5.74) is 3.39. The number of piperidine rings is 1. The Hall–Kier alpha value is -2.59. The van der Waals surface area contributed by atoms with Crippen LogP contribution in [0.3, 0.4) is 0 Å². The summed E-state index contributed by atoms with van der Waals surface area (Å²) < 4.78 is 5.46. The predicted molar refractivity (Wildman–Crippen MR) is 113 cm³/mol. The van der Waals surface area contributed by atoms with Gasteiger partial charge in [-0.25, -0.2) is 0 Å². The van der Waals surface area contributed by atoms with Crippen LogP contribution in [0.25, 0.3) is 10.9 Å². The molecule has 0 amide bonds. The van der Waals surface area contributed by atoms with E-state index in [0.717, 1.165) is 50.2 Å². The Morgan fingerprint density at radius 2 is 1.86 bits per heavy atom. The average Bonchev–Trinajstić information content (AvgIpc) is 3.16. The van der Waals surface area contributed by atoms with Gasteiger partial charge in [0.2, 0.25) is 0 Å². The standard InChI is InChI=1S/C24H28N2O2/c1-2-28-21-9-7-18(8-10-21)24(27)19-11-14-26(15-12-19)16-13-20-17-25-23-6-4-3-5-22(20)23/h3-10,17,19,25H,2,11-16H2,1H3. The molecular weight excluding hydrogens is 348 g/mol. The van der Waals surface area contributed by atoms with Crippen LogP contribution in [0.1, 0.15) is 35.7 Å². The van der Waals surface area contributed by atoms with E-state index in [2.05, 4.69) is 40.3 Å². The highest BCUT2D eigenvalue weighted by Gasteiger charge is 2.25. The van der Waals surface area contributed by atoms with E-state index in [-0.39, 0.29) is 11.7 Å². The van der Waals surface area contributed by atoms with Crippen molar-refractivity contribution in [3.63, 3.8) is 0 Å². The summed E-state index contributed by atoms with van der Waals surface area (Å²) in [6, 6.07) is 16.1. The first-order chi connectivity index (χ1) is 13.7. The van der Waals surface area contributed by atoms with Gasteiger partial charge in [-0.2, -0.15) is 0 Å². The van der Waals surface area contributed by atoms with E-state index in [1.165, 1.54) is 16.5 Å². The molecule has 1 aromatic heterocycles. The molecule has 4 rings (SSSR count). The van der Waals surface area contributed by atoms with Crippen molar-refractivity contribution in [3.05, 3.63) is 65.9 Å². The van der Waals surface area contributed by atoms with Crippen molar-refractivity contribution in [2.24, 2.45) is 5.92 Å². The van der Waals surface area contributed by atoms with E-state index in [1.807, 2.05) is 31.2 Å². The van der Waals surface area contributed by atoms with Gasteiger partial charge in [-0.15, -0.1) is 0 Å². The molecule has 0 atom stereocenters. The number of aromatic amines is 1. The highest BCUT2D eigenvalue weighted by Crippen LogP contribution is 2.24. The van der Waals surface area contributed by atoms with Crippen molar-refractivity contribution in [2.75, 3.05) is 26.2 Å². The molecule has 0 bridgehead atoms. The Bertz CT molecular complexity index is 921. The topological polar surface area (TPSA) is 45.3 Å². The second-order valence-electron chi connectivity index (χ2n) is 7.55. The van der Waals surface area contributed by atoms with Crippen molar-refractivity contribution in [2.45, 2.75) is 26.2 Å². The van der Waals surface area contributed by atoms with Gasteiger partial charge in [0.05, 0.1) is 6.61 Å². The van der Waals surface area contributed by atoms with Gasteiger partial charge < -0.3 is 14.6 Å². The number of hydrogen-bond donors (Lipinski definition) is 1. The molecule has 3 aromatic rings. The van der Waals surface area contributed by atoms with Crippen molar-refractivity contribution in [3.8, 4) is 5.75 Å². The number of carbonyl (C=O) groups excluding carboxylic acids is 1. The summed E-state index contributed by atoms with van der Waals surface area (Å²) in [5, 5.41) is 1.32. The Morgan fingerprint density at radius 1 is 1.11 bits per heavy atom. The van der Waals surface area contributed by atoms with Gasteiger partial charge in [0.15, 0.2) is 5.78 Å². The van der Waals surface area contributed by atoms with Crippen LogP contribution in [-0.4, -0.2) is 41.9 Å². The lowest BCUT2D eigenvalue weighted by Gasteiger charge is -2.31. The third-order valence-corrected chi connectivity index (χ3v) is 5.78. The SMILES string of the molecule is CCOc1ccc(C(=O)C2CCN(CCc3c[nH]c4ccccc34)CC2)cc1. The zero-order chi connectivity index (χ0) is 19.3. The van der Waals surface area contributed by atoms with Crippen molar-refractivity contribution < 1.29 is 9.53 Å². The van der Waals surface area contributed by atoms with Crippen LogP contribution in [0.4, 0.5) is 0 Å². The highest BCUT2D eigenvalue weighted by atomic mass is 16.5. The van der Waals surface area contributed by atoms with E-state index in [9.17, 15) is 4.79 Å². The molecule has 0 saturated carbocycles. The molecule has 0 unspecified atom stereocenters. The lowest BCUT2D eigenvalue weighted by molar-refractivity contribution is 0.0841. The van der Waals surface area contributed by atoms with Gasteiger partial charge in [0, 0.05) is 35.1 Å². The van der Waals surface area contributed by atoms with Crippen LogP contribution in [0.5, 0.6) is 5.75 Å². The van der Waals surface area contributed by atoms with E-state index < -0.39 is 0 Å². The van der Waals surface area contributed by atoms with Gasteiger partial charge in [-0.1, -0.05) is 18.2 Å². The molecule has 28 heavy (non-hydrogen) atoms. The Kier molecular flexibility index (Phi) is 5.77. The summed E-state index contributed by atoms with van der Waals surface area (Å²) >= 11 is 0. The molecule has 0 radical (unpaired) electrons. The largest absolute Gasteiger partial charge is 0.494 e. The smallest absolute Gasteiger partial charge is 0.166 e. The van der Waals surface area contributed by atoms with Crippen LogP contribution in [0, 0.1) is 5.92 Å².